The summed E-state index contributed by atoms with van der Waals surface area (Å²) in [6, 6.07) is 95.4. The molecule has 0 atom stereocenters. The van der Waals surface area contributed by atoms with Gasteiger partial charge in [-0.15, -0.1) is 0 Å². The molecule has 0 aliphatic heterocycles. The Bertz CT molecular complexity index is 6290. The molecule has 5 heterocycles. The van der Waals surface area contributed by atoms with Gasteiger partial charge in [-0.05, 0) is 199 Å². The molecule has 0 unspecified atom stereocenters. The number of hydrogen-bond donors (Lipinski definition) is 0. The molecule has 9 nitrogen and oxygen atoms in total. The number of hydrogen-bond acceptors (Lipinski definition) is 4. The first kappa shape index (κ1) is 57.5. The van der Waals surface area contributed by atoms with Crippen LogP contribution in [0.2, 0.25) is 0 Å². The van der Waals surface area contributed by atoms with Crippen molar-refractivity contribution in [1.82, 2.24) is 22.8 Å². The lowest BCUT2D eigenvalue weighted by Gasteiger charge is -2.25. The third-order valence-electron chi connectivity index (χ3n) is 20.6. The minimum atomic E-state index is -0.00481. The van der Waals surface area contributed by atoms with Crippen molar-refractivity contribution in [2.24, 2.45) is 0 Å². The lowest BCUT2D eigenvalue weighted by molar-refractivity contribution is 1.16. The van der Waals surface area contributed by atoms with Crippen molar-refractivity contribution in [2.45, 2.75) is 41.5 Å². The molecule has 0 bridgehead atoms. The van der Waals surface area contributed by atoms with Gasteiger partial charge in [-0.3, -0.25) is 0 Å². The smallest absolute Gasteiger partial charge is 0.242 e. The highest BCUT2D eigenvalue weighted by atomic mass is 15.0. The van der Waals surface area contributed by atoms with Crippen molar-refractivity contribution >= 4 is 132 Å². The van der Waals surface area contributed by atoms with Gasteiger partial charge in [0.1, 0.15) is 0 Å². The van der Waals surface area contributed by atoms with Gasteiger partial charge in [-0.1, -0.05) is 135 Å². The summed E-state index contributed by atoms with van der Waals surface area (Å²) in [5.41, 5.74) is 28.6. The minimum absolute atomic E-state index is 0.00481. The maximum absolute atomic E-state index is 10.6. The molecule has 5 aromatic heterocycles. The van der Waals surface area contributed by atoms with Gasteiger partial charge >= 0.3 is 0 Å². The molecule has 0 saturated carbocycles. The maximum atomic E-state index is 10.6. The lowest BCUT2D eigenvalue weighted by atomic mass is 9.34. The summed E-state index contributed by atoms with van der Waals surface area (Å²) in [5, 5.41) is 51.6. The molecule has 18 aromatic rings. The average Bonchev–Trinajstić information content (AvgIpc) is 1.55. The van der Waals surface area contributed by atoms with Gasteiger partial charge in [0.25, 0.3) is 0 Å². The topological polar surface area (TPSA) is 120 Å². The van der Waals surface area contributed by atoms with Crippen molar-refractivity contribution in [1.29, 1.82) is 21.0 Å². The SMILES string of the molecule is Cc1cc(C)c(B(c2ccc(-n3c4ccc(-n5c6ccc(C#N)cc6c6c5ccc5c7cc(C#N)ccc7n(-c7ccccc7)c56)cc4c4cc(-n5c6ccc(C#N)cc6c6c5ccc5c7cc(C#N)ccc7n(-c7ccccc7)c56)ccc43)cc2)c2c(C)cc(C)cc2C)c(C)c1. The second-order valence-electron chi connectivity index (χ2n) is 26.5. The summed E-state index contributed by atoms with van der Waals surface area (Å²) >= 11 is 0. The molecule has 0 saturated heterocycles. The molecule has 0 N–H and O–H groups in total. The van der Waals surface area contributed by atoms with Crippen molar-refractivity contribution in [3.05, 3.63) is 298 Å². The Morgan fingerprint density at radius 2 is 0.551 bits per heavy atom. The minimum Gasteiger partial charge on any atom is -0.309 e. The summed E-state index contributed by atoms with van der Waals surface area (Å²) in [6.45, 7) is 13.4. The van der Waals surface area contributed by atoms with Crippen LogP contribution in [0.4, 0.5) is 0 Å². The highest BCUT2D eigenvalue weighted by Crippen LogP contribution is 2.46. The normalized spacial score (nSPS) is 11.7. The zero-order valence-corrected chi connectivity index (χ0v) is 54.7. The van der Waals surface area contributed by atoms with Crippen molar-refractivity contribution in [3.8, 4) is 52.7 Å². The number of nitriles is 4. The van der Waals surface area contributed by atoms with E-state index in [-0.39, 0.29) is 6.71 Å². The number of benzene rings is 13. The zero-order chi connectivity index (χ0) is 66.5. The van der Waals surface area contributed by atoms with Gasteiger partial charge < -0.3 is 22.8 Å². The molecule has 0 radical (unpaired) electrons. The molecule has 0 amide bonds. The molecule has 0 aliphatic carbocycles. The molecule has 0 spiro atoms. The third kappa shape index (κ3) is 8.42. The van der Waals surface area contributed by atoms with Gasteiger partial charge in [0.05, 0.1) is 102 Å². The summed E-state index contributed by atoms with van der Waals surface area (Å²) in [6.07, 6.45) is 0. The van der Waals surface area contributed by atoms with Crippen LogP contribution in [0, 0.1) is 86.9 Å². The summed E-state index contributed by atoms with van der Waals surface area (Å²) in [4.78, 5) is 0. The second-order valence-corrected chi connectivity index (χ2v) is 26.5. The van der Waals surface area contributed by atoms with Crippen LogP contribution in [0.1, 0.15) is 55.6 Å². The fourth-order valence-electron chi connectivity index (χ4n) is 16.9. The Hall–Kier alpha value is -13.1. The van der Waals surface area contributed by atoms with Crippen LogP contribution in [0.25, 0.3) is 137 Å². The summed E-state index contributed by atoms with van der Waals surface area (Å²) in [7, 11) is 0. The first-order valence-corrected chi connectivity index (χ1v) is 33.1. The van der Waals surface area contributed by atoms with Gasteiger partial charge in [0, 0.05) is 82.3 Å². The molecule has 0 aliphatic rings. The van der Waals surface area contributed by atoms with Crippen LogP contribution < -0.4 is 16.4 Å². The van der Waals surface area contributed by atoms with E-state index in [1.807, 2.05) is 72.8 Å². The summed E-state index contributed by atoms with van der Waals surface area (Å²) in [5.74, 6) is 0. The van der Waals surface area contributed by atoms with Crippen molar-refractivity contribution in [3.63, 3.8) is 0 Å². The number of nitrogens with zero attached hydrogens (tertiary/aromatic N) is 9. The van der Waals surface area contributed by atoms with E-state index in [1.165, 1.54) is 49.8 Å². The molecular formula is C88H58BN9. The van der Waals surface area contributed by atoms with Crippen LogP contribution in [0.5, 0.6) is 0 Å². The highest BCUT2D eigenvalue weighted by Gasteiger charge is 2.30. The van der Waals surface area contributed by atoms with Crippen LogP contribution >= 0.6 is 0 Å². The van der Waals surface area contributed by atoms with E-state index in [0.29, 0.717) is 22.3 Å². The first-order chi connectivity index (χ1) is 47.9. The van der Waals surface area contributed by atoms with E-state index in [9.17, 15) is 21.0 Å². The Labute approximate surface area is 565 Å². The van der Waals surface area contributed by atoms with E-state index in [0.717, 1.165) is 137 Å². The van der Waals surface area contributed by atoms with Gasteiger partial charge in [0.15, 0.2) is 0 Å². The predicted octanol–water partition coefficient (Wildman–Crippen LogP) is 19.0. The van der Waals surface area contributed by atoms with Crippen LogP contribution in [-0.2, 0) is 0 Å². The van der Waals surface area contributed by atoms with E-state index in [2.05, 4.69) is 259 Å². The quantitative estimate of drug-likeness (QED) is 0.141. The number of para-hydroxylation sites is 2. The molecule has 10 heteroatoms. The molecule has 18 rings (SSSR count). The maximum Gasteiger partial charge on any atom is 0.242 e. The average molecular weight is 1250 g/mol. The Kier molecular flexibility index (Phi) is 12.8. The number of aromatic nitrogens is 5. The highest BCUT2D eigenvalue weighted by molar-refractivity contribution is 6.96. The third-order valence-corrected chi connectivity index (χ3v) is 20.6. The van der Waals surface area contributed by atoms with Crippen LogP contribution in [-0.4, -0.2) is 29.5 Å². The summed E-state index contributed by atoms with van der Waals surface area (Å²) < 4.78 is 11.7. The van der Waals surface area contributed by atoms with E-state index < -0.39 is 0 Å². The molecule has 13 aromatic carbocycles. The number of rotatable bonds is 8. The van der Waals surface area contributed by atoms with E-state index in [1.54, 1.807) is 0 Å². The van der Waals surface area contributed by atoms with Crippen molar-refractivity contribution < 1.29 is 0 Å². The Balaban J connectivity index is 0.918. The second kappa shape index (κ2) is 21.7. The Morgan fingerprint density at radius 3 is 0.929 bits per heavy atom. The zero-order valence-electron chi connectivity index (χ0n) is 54.7. The van der Waals surface area contributed by atoms with Crippen molar-refractivity contribution in [2.75, 3.05) is 0 Å². The van der Waals surface area contributed by atoms with Gasteiger partial charge in [-0.25, -0.2) is 0 Å². The van der Waals surface area contributed by atoms with E-state index in [4.69, 9.17) is 0 Å². The van der Waals surface area contributed by atoms with Gasteiger partial charge in [0.2, 0.25) is 6.71 Å². The lowest BCUT2D eigenvalue weighted by Crippen LogP contribution is -2.55. The molecule has 458 valence electrons. The Morgan fingerprint density at radius 1 is 0.255 bits per heavy atom. The molecule has 98 heavy (non-hydrogen) atoms. The van der Waals surface area contributed by atoms with Crippen LogP contribution in [0.3, 0.4) is 0 Å². The van der Waals surface area contributed by atoms with Crippen LogP contribution in [0.15, 0.2) is 243 Å². The first-order valence-electron chi connectivity index (χ1n) is 33.1. The van der Waals surface area contributed by atoms with E-state index >= 15 is 0 Å². The fourth-order valence-corrected chi connectivity index (χ4v) is 16.9. The fraction of sp³-hybridized carbons (Fsp3) is 0.0682. The number of aryl methyl sites for hydroxylation is 6. The standard InChI is InChI=1S/C88H58BN9/c1-51-37-53(3)85(54(4)38-51)89(86-55(5)39-52(2)40-56(86)6)61-21-23-64(24-22-61)94-75-33-25-65(95-79-31-19-59(49-92)43-73(79)83-81(95)35-27-67-69-41-57(47-90)17-29-77(69)97(87(67)83)62-13-9-7-10-14-62)45-71(75)72-46-66(26-34-76(72)94)96-80-32-20-60(50-93)44-74(80)84-82(96)36-28-68-70-42-58(48-91)18-30-78(70)98(88(68)84)63-15-11-8-12-16-63/h7-46H,1-6H3. The monoisotopic (exact) mass is 1250 g/mol. The largest absolute Gasteiger partial charge is 0.309 e. The van der Waals surface area contributed by atoms with Gasteiger partial charge in [-0.2, -0.15) is 21.0 Å². The predicted molar refractivity (Wildman–Crippen MR) is 403 cm³/mol. The molecular weight excluding hydrogens is 1190 g/mol. The number of fused-ring (bicyclic) bond motifs is 17. The molecule has 0 fully saturated rings.